The highest BCUT2D eigenvalue weighted by Gasteiger charge is 2.42. The predicted octanol–water partition coefficient (Wildman–Crippen LogP) is 0.737. The van der Waals surface area contributed by atoms with Gasteiger partial charge in [0.05, 0.1) is 22.9 Å². The van der Waals surface area contributed by atoms with Crippen molar-refractivity contribution in [2.45, 2.75) is 6.92 Å². The maximum absolute atomic E-state index is 12.3. The number of aryl methyl sites for hydroxylation is 1. The van der Waals surface area contributed by atoms with Crippen LogP contribution in [-0.2, 0) is 0 Å². The van der Waals surface area contributed by atoms with Crippen LogP contribution in [0.5, 0.6) is 0 Å². The van der Waals surface area contributed by atoms with Gasteiger partial charge in [-0.15, -0.1) is 0 Å². The molecule has 0 unspecified atom stereocenters. The van der Waals surface area contributed by atoms with E-state index in [9.17, 15) is 14.4 Å². The van der Waals surface area contributed by atoms with Crippen LogP contribution in [0.15, 0.2) is 24.4 Å². The molecule has 2 heterocycles. The molecule has 0 bridgehead atoms. The minimum atomic E-state index is -0.707. The van der Waals surface area contributed by atoms with Crippen molar-refractivity contribution in [3.8, 4) is 0 Å². The van der Waals surface area contributed by atoms with Gasteiger partial charge in [-0.1, -0.05) is 6.07 Å². The Hall–Kier alpha value is -2.96. The van der Waals surface area contributed by atoms with Gasteiger partial charge in [-0.3, -0.25) is 19.5 Å². The number of fused-ring (bicyclic) bond motifs is 1. The molecule has 1 aromatic heterocycles. The van der Waals surface area contributed by atoms with E-state index < -0.39 is 17.7 Å². The fraction of sp³-hybridized carbons (Fsp3) is 0.0769. The highest BCUT2D eigenvalue weighted by molar-refractivity contribution is 6.32. The molecule has 3 rings (SSSR count). The first-order valence-electron chi connectivity index (χ1n) is 5.84. The molecule has 2 aromatic rings. The fourth-order valence-electron chi connectivity index (χ4n) is 2.18. The van der Waals surface area contributed by atoms with Gasteiger partial charge in [0.2, 0.25) is 0 Å². The van der Waals surface area contributed by atoms with Crippen LogP contribution in [0.3, 0.4) is 0 Å². The molecule has 7 heteroatoms. The first kappa shape index (κ1) is 12.1. The molecule has 0 aliphatic carbocycles. The normalized spacial score (nSPS) is 13.8. The number of nitrogen functional groups attached to an aromatic ring is 1. The van der Waals surface area contributed by atoms with Crippen LogP contribution in [0.25, 0.3) is 0 Å². The van der Waals surface area contributed by atoms with E-state index in [0.29, 0.717) is 10.6 Å². The number of imide groups is 3. The molecule has 1 aromatic carbocycles. The van der Waals surface area contributed by atoms with Gasteiger partial charge >= 0.3 is 0 Å². The number of hydrogen-bond donors (Lipinski definition) is 2. The second-order valence-corrected chi connectivity index (χ2v) is 4.43. The summed E-state index contributed by atoms with van der Waals surface area (Å²) in [6.07, 6.45) is 1.28. The van der Waals surface area contributed by atoms with Crippen LogP contribution in [0, 0.1) is 6.92 Å². The first-order chi connectivity index (χ1) is 9.52. The Morgan fingerprint density at radius 3 is 2.65 bits per heavy atom. The number of aromatic amines is 1. The smallest absolute Gasteiger partial charge is 0.271 e. The van der Waals surface area contributed by atoms with Gasteiger partial charge in [-0.05, 0) is 19.1 Å². The quantitative estimate of drug-likeness (QED) is 0.586. The van der Waals surface area contributed by atoms with Crippen molar-refractivity contribution in [3.05, 3.63) is 46.8 Å². The van der Waals surface area contributed by atoms with Crippen molar-refractivity contribution in [2.75, 3.05) is 5.73 Å². The number of rotatable bonds is 1. The lowest BCUT2D eigenvalue weighted by atomic mass is 10.1. The average molecular weight is 270 g/mol. The highest BCUT2D eigenvalue weighted by Crippen LogP contribution is 2.28. The van der Waals surface area contributed by atoms with Gasteiger partial charge in [-0.25, -0.2) is 4.90 Å². The van der Waals surface area contributed by atoms with Gasteiger partial charge in [-0.2, -0.15) is 5.10 Å². The summed E-state index contributed by atoms with van der Waals surface area (Å²) in [5.41, 5.74) is 6.77. The molecule has 20 heavy (non-hydrogen) atoms. The molecule has 3 amide bonds. The van der Waals surface area contributed by atoms with Gasteiger partial charge in [0, 0.05) is 11.4 Å². The number of benzene rings is 1. The van der Waals surface area contributed by atoms with Gasteiger partial charge in [0.25, 0.3) is 17.7 Å². The van der Waals surface area contributed by atoms with Crippen molar-refractivity contribution >= 4 is 23.4 Å². The van der Waals surface area contributed by atoms with Crippen LogP contribution in [0.1, 0.15) is 36.8 Å². The van der Waals surface area contributed by atoms with Gasteiger partial charge < -0.3 is 5.73 Å². The maximum atomic E-state index is 12.3. The summed E-state index contributed by atoms with van der Waals surface area (Å²) in [4.78, 5) is 37.4. The van der Waals surface area contributed by atoms with Gasteiger partial charge in [0.1, 0.15) is 0 Å². The average Bonchev–Trinajstić information content (AvgIpc) is 2.93. The molecule has 1 aliphatic rings. The monoisotopic (exact) mass is 270 g/mol. The Morgan fingerprint density at radius 1 is 1.30 bits per heavy atom. The molecule has 3 N–H and O–H groups in total. The minimum Gasteiger partial charge on any atom is -0.398 e. The largest absolute Gasteiger partial charge is 0.398 e. The van der Waals surface area contributed by atoms with Crippen molar-refractivity contribution in [2.24, 2.45) is 0 Å². The fourth-order valence-corrected chi connectivity index (χ4v) is 2.18. The molecule has 0 atom stereocenters. The molecule has 0 fully saturated rings. The van der Waals surface area contributed by atoms with Crippen LogP contribution in [-0.4, -0.2) is 32.8 Å². The Bertz CT molecular complexity index is 755. The van der Waals surface area contributed by atoms with E-state index in [1.807, 2.05) is 0 Å². The second-order valence-electron chi connectivity index (χ2n) is 4.43. The molecule has 0 saturated heterocycles. The number of aromatic nitrogens is 2. The summed E-state index contributed by atoms with van der Waals surface area (Å²) in [5, 5.41) is 6.30. The summed E-state index contributed by atoms with van der Waals surface area (Å²) in [5.74, 6) is -2.07. The summed E-state index contributed by atoms with van der Waals surface area (Å²) in [7, 11) is 0. The van der Waals surface area contributed by atoms with Crippen molar-refractivity contribution < 1.29 is 14.4 Å². The van der Waals surface area contributed by atoms with E-state index >= 15 is 0 Å². The lowest BCUT2D eigenvalue weighted by Crippen LogP contribution is -2.36. The van der Waals surface area contributed by atoms with Crippen molar-refractivity contribution in [1.29, 1.82) is 0 Å². The Balaban J connectivity index is 2.09. The number of carbonyl (C=O) groups is 3. The van der Waals surface area contributed by atoms with Crippen molar-refractivity contribution in [1.82, 2.24) is 15.1 Å². The van der Waals surface area contributed by atoms with E-state index in [2.05, 4.69) is 10.2 Å². The lowest BCUT2D eigenvalue weighted by Gasteiger charge is -2.10. The third kappa shape index (κ3) is 1.46. The number of H-pyrrole nitrogens is 1. The highest BCUT2D eigenvalue weighted by atomic mass is 16.2. The number of nitrogens with one attached hydrogen (secondary N) is 1. The third-order valence-electron chi connectivity index (χ3n) is 3.21. The number of amides is 3. The SMILES string of the molecule is Cc1[nH]ncc1C(=O)N1C(=O)c2cccc(N)c2C1=O. The molecule has 0 radical (unpaired) electrons. The van der Waals surface area contributed by atoms with Crippen LogP contribution < -0.4 is 5.73 Å². The number of nitrogens with two attached hydrogens (primary N) is 1. The maximum Gasteiger partial charge on any atom is 0.271 e. The lowest BCUT2D eigenvalue weighted by molar-refractivity contribution is 0.0566. The van der Waals surface area contributed by atoms with E-state index in [-0.39, 0.29) is 22.4 Å². The zero-order chi connectivity index (χ0) is 14.4. The standard InChI is InChI=1S/C13H10N4O3/c1-6-8(5-15-16-6)12(19)17-11(18)7-3-2-4-9(14)10(7)13(17)20/h2-5H,14H2,1H3,(H,15,16). The van der Waals surface area contributed by atoms with E-state index in [1.54, 1.807) is 13.0 Å². The number of carbonyl (C=O) groups excluding carboxylic acids is 3. The van der Waals surface area contributed by atoms with E-state index in [0.717, 1.165) is 0 Å². The van der Waals surface area contributed by atoms with Crippen molar-refractivity contribution in [3.63, 3.8) is 0 Å². The zero-order valence-electron chi connectivity index (χ0n) is 10.5. The second kappa shape index (κ2) is 4.02. The Kier molecular flexibility index (Phi) is 2.43. The van der Waals surface area contributed by atoms with E-state index in [4.69, 9.17) is 5.73 Å². The Morgan fingerprint density at radius 2 is 2.05 bits per heavy atom. The number of hydrogen-bond acceptors (Lipinski definition) is 5. The molecule has 0 spiro atoms. The molecule has 0 saturated carbocycles. The topological polar surface area (TPSA) is 109 Å². The predicted molar refractivity (Wildman–Crippen MR) is 69.0 cm³/mol. The third-order valence-corrected chi connectivity index (χ3v) is 3.21. The van der Waals surface area contributed by atoms with Crippen LogP contribution in [0.4, 0.5) is 5.69 Å². The summed E-state index contributed by atoms with van der Waals surface area (Å²) >= 11 is 0. The summed E-state index contributed by atoms with van der Waals surface area (Å²) < 4.78 is 0. The molecular weight excluding hydrogens is 260 g/mol. The number of anilines is 1. The van der Waals surface area contributed by atoms with E-state index in [1.165, 1.54) is 18.3 Å². The molecule has 7 nitrogen and oxygen atoms in total. The van der Waals surface area contributed by atoms with Crippen LogP contribution >= 0.6 is 0 Å². The minimum absolute atomic E-state index is 0.0759. The number of nitrogens with zero attached hydrogens (tertiary/aromatic N) is 2. The summed E-state index contributed by atoms with van der Waals surface area (Å²) in [6, 6.07) is 4.55. The van der Waals surface area contributed by atoms with Gasteiger partial charge in [0.15, 0.2) is 0 Å². The molecule has 100 valence electrons. The molecular formula is C13H10N4O3. The molecule has 1 aliphatic heterocycles. The summed E-state index contributed by atoms with van der Waals surface area (Å²) in [6.45, 7) is 1.63. The van der Waals surface area contributed by atoms with Crippen LogP contribution in [0.2, 0.25) is 0 Å². The zero-order valence-corrected chi connectivity index (χ0v) is 10.5. The first-order valence-corrected chi connectivity index (χ1v) is 5.84. The Labute approximate surface area is 113 Å².